The lowest BCUT2D eigenvalue weighted by Gasteiger charge is -2.45. The maximum absolute atomic E-state index is 13.0. The van der Waals surface area contributed by atoms with Crippen molar-refractivity contribution in [2.75, 3.05) is 0 Å². The van der Waals surface area contributed by atoms with E-state index in [0.717, 1.165) is 24.0 Å². The summed E-state index contributed by atoms with van der Waals surface area (Å²) in [4.78, 5) is 17.0. The van der Waals surface area contributed by atoms with Gasteiger partial charge >= 0.3 is 0 Å². The lowest BCUT2D eigenvalue weighted by molar-refractivity contribution is 0.0755. The van der Waals surface area contributed by atoms with E-state index < -0.39 is 0 Å². The number of carbonyl (C=O) groups excluding carboxylic acids is 1. The molecule has 2 bridgehead atoms. The number of hydrogen-bond donors (Lipinski definition) is 2. The van der Waals surface area contributed by atoms with Gasteiger partial charge in [0, 0.05) is 17.6 Å². The number of carbonyl (C=O) groups is 1. The van der Waals surface area contributed by atoms with Gasteiger partial charge in [0.1, 0.15) is 12.7 Å². The smallest absolute Gasteiger partial charge is 0.251 e. The van der Waals surface area contributed by atoms with Crippen LogP contribution in [0.4, 0.5) is 0 Å². The monoisotopic (exact) mass is 375 g/mol. The summed E-state index contributed by atoms with van der Waals surface area (Å²) in [6.45, 7) is 0.548. The number of fused-ring (bicyclic) bond motifs is 2. The molecule has 1 amide bonds. The summed E-state index contributed by atoms with van der Waals surface area (Å²) < 4.78 is 1.74. The number of nitrogens with two attached hydrogens (primary N) is 1. The first-order valence-corrected chi connectivity index (χ1v) is 9.17. The van der Waals surface area contributed by atoms with E-state index >= 15 is 0 Å². The van der Waals surface area contributed by atoms with Crippen LogP contribution in [0.1, 0.15) is 48.0 Å². The van der Waals surface area contributed by atoms with Gasteiger partial charge in [-0.1, -0.05) is 24.6 Å². The van der Waals surface area contributed by atoms with E-state index in [1.807, 2.05) is 24.3 Å². The zero-order valence-electron chi connectivity index (χ0n) is 14.8. The zero-order valence-corrected chi connectivity index (χ0v) is 15.6. The topological polar surface area (TPSA) is 85.8 Å². The molecule has 26 heavy (non-hydrogen) atoms. The fourth-order valence-corrected chi connectivity index (χ4v) is 4.62. The summed E-state index contributed by atoms with van der Waals surface area (Å²) in [6.07, 6.45) is 8.85. The van der Waals surface area contributed by atoms with Crippen LogP contribution in [0.2, 0.25) is 0 Å². The number of aromatic nitrogens is 3. The molecule has 3 N–H and O–H groups in total. The van der Waals surface area contributed by atoms with Crippen molar-refractivity contribution in [3.05, 3.63) is 48.0 Å². The summed E-state index contributed by atoms with van der Waals surface area (Å²) in [5.74, 6) is 1.07. The Labute approximate surface area is 160 Å². The molecule has 1 aromatic heterocycles. The van der Waals surface area contributed by atoms with E-state index in [-0.39, 0.29) is 24.4 Å². The predicted octanol–water partition coefficient (Wildman–Crippen LogP) is 2.38. The third-order valence-electron chi connectivity index (χ3n) is 5.74. The molecule has 1 heterocycles. The SMILES string of the molecule is Cl.NC1CC2CCCC(C1)C2NC(=O)c1ccccc1Cn1cncn1. The minimum atomic E-state index is 0. The second-order valence-electron chi connectivity index (χ2n) is 7.43. The van der Waals surface area contributed by atoms with Crippen molar-refractivity contribution in [1.82, 2.24) is 20.1 Å². The summed E-state index contributed by atoms with van der Waals surface area (Å²) in [5.41, 5.74) is 7.89. The van der Waals surface area contributed by atoms with E-state index in [4.69, 9.17) is 5.73 Å². The van der Waals surface area contributed by atoms with E-state index in [9.17, 15) is 4.79 Å². The van der Waals surface area contributed by atoms with E-state index in [0.29, 0.717) is 24.4 Å². The molecule has 7 heteroatoms. The second-order valence-corrected chi connectivity index (χ2v) is 7.43. The van der Waals surface area contributed by atoms with Crippen LogP contribution in [0.25, 0.3) is 0 Å². The van der Waals surface area contributed by atoms with Crippen LogP contribution in [0.3, 0.4) is 0 Å². The van der Waals surface area contributed by atoms with Crippen LogP contribution in [0.15, 0.2) is 36.9 Å². The third kappa shape index (κ3) is 3.91. The molecule has 2 aliphatic carbocycles. The van der Waals surface area contributed by atoms with Crippen molar-refractivity contribution in [1.29, 1.82) is 0 Å². The Morgan fingerprint density at radius 3 is 2.65 bits per heavy atom. The van der Waals surface area contributed by atoms with Gasteiger partial charge in [-0.25, -0.2) is 9.67 Å². The number of hydrogen-bond acceptors (Lipinski definition) is 4. The number of amides is 1. The van der Waals surface area contributed by atoms with E-state index in [2.05, 4.69) is 15.4 Å². The first-order chi connectivity index (χ1) is 12.2. The molecule has 2 aromatic rings. The molecule has 2 unspecified atom stereocenters. The van der Waals surface area contributed by atoms with Crippen molar-refractivity contribution >= 4 is 18.3 Å². The number of halogens is 1. The second kappa shape index (κ2) is 8.18. The van der Waals surface area contributed by atoms with Crippen LogP contribution >= 0.6 is 12.4 Å². The molecule has 0 saturated heterocycles. The van der Waals surface area contributed by atoms with Gasteiger partial charge in [0.25, 0.3) is 5.91 Å². The highest BCUT2D eigenvalue weighted by Gasteiger charge is 2.40. The van der Waals surface area contributed by atoms with Crippen LogP contribution in [0, 0.1) is 11.8 Å². The normalized spacial score (nSPS) is 27.4. The molecule has 4 rings (SSSR count). The average molecular weight is 376 g/mol. The van der Waals surface area contributed by atoms with Crippen molar-refractivity contribution in [2.24, 2.45) is 17.6 Å². The van der Waals surface area contributed by atoms with Crippen molar-refractivity contribution < 1.29 is 4.79 Å². The number of nitrogens with zero attached hydrogens (tertiary/aromatic N) is 3. The van der Waals surface area contributed by atoms with Crippen molar-refractivity contribution in [3.8, 4) is 0 Å². The first kappa shape index (κ1) is 18.9. The Morgan fingerprint density at radius 1 is 1.23 bits per heavy atom. The third-order valence-corrected chi connectivity index (χ3v) is 5.74. The molecule has 0 spiro atoms. The standard InChI is InChI=1S/C19H25N5O.ClH/c20-16-8-13-5-3-6-14(9-16)18(13)23-19(25)17-7-2-1-4-15(17)10-24-12-21-11-22-24;/h1-2,4,7,11-14,16,18H,3,5-6,8-10,20H2,(H,23,25);1H. The van der Waals surface area contributed by atoms with Gasteiger partial charge in [-0.3, -0.25) is 4.79 Å². The van der Waals surface area contributed by atoms with Gasteiger partial charge in [-0.2, -0.15) is 5.10 Å². The molecule has 1 aromatic carbocycles. The van der Waals surface area contributed by atoms with Crippen LogP contribution in [0.5, 0.6) is 0 Å². The van der Waals surface area contributed by atoms with Crippen LogP contribution in [-0.2, 0) is 6.54 Å². The molecule has 140 valence electrons. The molecule has 2 fully saturated rings. The molecule has 6 nitrogen and oxygen atoms in total. The number of nitrogens with one attached hydrogen (secondary N) is 1. The van der Waals surface area contributed by atoms with Gasteiger partial charge in [0.05, 0.1) is 6.54 Å². The highest BCUT2D eigenvalue weighted by atomic mass is 35.5. The zero-order chi connectivity index (χ0) is 17.2. The Balaban J connectivity index is 0.00000196. The fourth-order valence-electron chi connectivity index (χ4n) is 4.62. The average Bonchev–Trinajstić information content (AvgIpc) is 3.09. The highest BCUT2D eigenvalue weighted by Crippen LogP contribution is 2.39. The maximum atomic E-state index is 13.0. The molecule has 2 aliphatic rings. The number of rotatable bonds is 4. The van der Waals surface area contributed by atoms with Crippen molar-refractivity contribution in [3.63, 3.8) is 0 Å². The van der Waals surface area contributed by atoms with Gasteiger partial charge in [-0.15, -0.1) is 12.4 Å². The summed E-state index contributed by atoms with van der Waals surface area (Å²) in [6, 6.07) is 8.30. The molecule has 0 radical (unpaired) electrons. The van der Waals surface area contributed by atoms with Gasteiger partial charge in [0.2, 0.25) is 0 Å². The number of benzene rings is 1. The minimum absolute atomic E-state index is 0. The summed E-state index contributed by atoms with van der Waals surface area (Å²) >= 11 is 0. The first-order valence-electron chi connectivity index (χ1n) is 9.17. The summed E-state index contributed by atoms with van der Waals surface area (Å²) in [5, 5.41) is 7.48. The Hall–Kier alpha value is -1.92. The predicted molar refractivity (Wildman–Crippen MR) is 102 cm³/mol. The van der Waals surface area contributed by atoms with Gasteiger partial charge in [0.15, 0.2) is 0 Å². The largest absolute Gasteiger partial charge is 0.349 e. The summed E-state index contributed by atoms with van der Waals surface area (Å²) in [7, 11) is 0. The Morgan fingerprint density at radius 2 is 1.96 bits per heavy atom. The molecule has 0 aliphatic heterocycles. The Kier molecular flexibility index (Phi) is 5.94. The van der Waals surface area contributed by atoms with Gasteiger partial charge < -0.3 is 11.1 Å². The fraction of sp³-hybridized carbons (Fsp3) is 0.526. The molecular formula is C19H26ClN5O. The van der Waals surface area contributed by atoms with Crippen LogP contribution < -0.4 is 11.1 Å². The molecular weight excluding hydrogens is 350 g/mol. The quantitative estimate of drug-likeness (QED) is 0.859. The van der Waals surface area contributed by atoms with E-state index in [1.165, 1.54) is 25.6 Å². The minimum Gasteiger partial charge on any atom is -0.349 e. The lowest BCUT2D eigenvalue weighted by Crippen LogP contribution is -2.53. The van der Waals surface area contributed by atoms with Gasteiger partial charge in [-0.05, 0) is 49.1 Å². The molecule has 2 atom stereocenters. The Bertz CT molecular complexity index is 721. The molecule has 2 saturated carbocycles. The van der Waals surface area contributed by atoms with E-state index in [1.54, 1.807) is 11.0 Å². The lowest BCUT2D eigenvalue weighted by atomic mass is 9.67. The van der Waals surface area contributed by atoms with Crippen LogP contribution in [-0.4, -0.2) is 32.8 Å². The van der Waals surface area contributed by atoms with Crippen molar-refractivity contribution in [2.45, 2.75) is 50.7 Å². The highest BCUT2D eigenvalue weighted by molar-refractivity contribution is 5.95. The maximum Gasteiger partial charge on any atom is 0.251 e.